The van der Waals surface area contributed by atoms with Gasteiger partial charge in [0.25, 0.3) is 0 Å². The number of hydrogen-bond donors (Lipinski definition) is 3. The van der Waals surface area contributed by atoms with Gasteiger partial charge >= 0.3 is 0 Å². The lowest BCUT2D eigenvalue weighted by Crippen LogP contribution is -2.41. The van der Waals surface area contributed by atoms with Gasteiger partial charge in [-0.3, -0.25) is 0 Å². The summed E-state index contributed by atoms with van der Waals surface area (Å²) in [6, 6.07) is 20.1. The van der Waals surface area contributed by atoms with E-state index in [1.165, 1.54) is 11.1 Å². The Morgan fingerprint density at radius 2 is 1.52 bits per heavy atom. The van der Waals surface area contributed by atoms with E-state index in [1.807, 2.05) is 36.4 Å². The average Bonchev–Trinajstić information content (AvgIpc) is 2.82. The molecular formula is C18H21NO2. The molecule has 0 heterocycles. The maximum absolute atomic E-state index is 10.3. The molecule has 1 aliphatic rings. The van der Waals surface area contributed by atoms with Crippen molar-refractivity contribution in [3.63, 3.8) is 0 Å². The highest BCUT2D eigenvalue weighted by molar-refractivity contribution is 5.25. The fourth-order valence-corrected chi connectivity index (χ4v) is 3.16. The molecule has 1 saturated carbocycles. The van der Waals surface area contributed by atoms with Crippen molar-refractivity contribution in [1.82, 2.24) is 5.32 Å². The van der Waals surface area contributed by atoms with Crippen molar-refractivity contribution < 1.29 is 10.2 Å². The molecule has 4 unspecified atom stereocenters. The first kappa shape index (κ1) is 14.3. The van der Waals surface area contributed by atoms with E-state index in [-0.39, 0.29) is 12.0 Å². The molecule has 4 atom stereocenters. The van der Waals surface area contributed by atoms with Crippen LogP contribution in [0.15, 0.2) is 60.7 Å². The summed E-state index contributed by atoms with van der Waals surface area (Å²) in [6.45, 7) is 0.693. The van der Waals surface area contributed by atoms with Crippen LogP contribution in [0.1, 0.15) is 23.5 Å². The van der Waals surface area contributed by atoms with Crippen LogP contribution in [0.3, 0.4) is 0 Å². The Bertz CT molecular complexity index is 558. The fraction of sp³-hybridized carbons (Fsp3) is 0.333. The molecule has 0 radical (unpaired) electrons. The van der Waals surface area contributed by atoms with Crippen molar-refractivity contribution in [2.45, 2.75) is 37.1 Å². The van der Waals surface area contributed by atoms with Crippen LogP contribution in [0.5, 0.6) is 0 Å². The van der Waals surface area contributed by atoms with Crippen LogP contribution in [0, 0.1) is 0 Å². The van der Waals surface area contributed by atoms with Gasteiger partial charge < -0.3 is 15.5 Å². The Morgan fingerprint density at radius 1 is 0.905 bits per heavy atom. The van der Waals surface area contributed by atoms with E-state index < -0.39 is 12.2 Å². The van der Waals surface area contributed by atoms with Gasteiger partial charge in [0, 0.05) is 18.5 Å². The molecular weight excluding hydrogens is 262 g/mol. The van der Waals surface area contributed by atoms with Crippen LogP contribution < -0.4 is 5.32 Å². The number of hydrogen-bond acceptors (Lipinski definition) is 3. The van der Waals surface area contributed by atoms with Crippen molar-refractivity contribution in [3.05, 3.63) is 71.8 Å². The Balaban J connectivity index is 1.74. The minimum absolute atomic E-state index is 0.123. The van der Waals surface area contributed by atoms with E-state index in [9.17, 15) is 10.2 Å². The zero-order chi connectivity index (χ0) is 14.7. The first-order valence-electron chi connectivity index (χ1n) is 7.44. The van der Waals surface area contributed by atoms with Crippen LogP contribution in [0.2, 0.25) is 0 Å². The number of aliphatic hydroxyl groups excluding tert-OH is 2. The van der Waals surface area contributed by atoms with Crippen LogP contribution >= 0.6 is 0 Å². The van der Waals surface area contributed by atoms with Gasteiger partial charge in [-0.2, -0.15) is 0 Å². The second-order valence-corrected chi connectivity index (χ2v) is 5.70. The Kier molecular flexibility index (Phi) is 4.34. The van der Waals surface area contributed by atoms with Crippen molar-refractivity contribution in [3.8, 4) is 0 Å². The highest BCUT2D eigenvalue weighted by Crippen LogP contribution is 2.35. The van der Waals surface area contributed by atoms with E-state index in [0.717, 1.165) is 0 Å². The molecule has 0 spiro atoms. The standard InChI is InChI=1S/C18H21NO2/c20-16-11-15(14-9-5-2-6-10-14)17(18(16)21)19-12-13-7-3-1-4-8-13/h1-10,15-21H,11-12H2. The van der Waals surface area contributed by atoms with Crippen molar-refractivity contribution in [1.29, 1.82) is 0 Å². The van der Waals surface area contributed by atoms with E-state index in [1.54, 1.807) is 0 Å². The van der Waals surface area contributed by atoms with Gasteiger partial charge in [0.1, 0.15) is 0 Å². The van der Waals surface area contributed by atoms with Crippen molar-refractivity contribution in [2.75, 3.05) is 0 Å². The van der Waals surface area contributed by atoms with Gasteiger partial charge in [0.2, 0.25) is 0 Å². The number of rotatable bonds is 4. The lowest BCUT2D eigenvalue weighted by molar-refractivity contribution is 0.0297. The quantitative estimate of drug-likeness (QED) is 0.805. The summed E-state index contributed by atoms with van der Waals surface area (Å²) in [4.78, 5) is 0. The van der Waals surface area contributed by atoms with E-state index >= 15 is 0 Å². The first-order valence-corrected chi connectivity index (χ1v) is 7.44. The summed E-state index contributed by atoms with van der Waals surface area (Å²) in [5, 5.41) is 23.7. The number of benzene rings is 2. The Hall–Kier alpha value is -1.68. The maximum atomic E-state index is 10.3. The largest absolute Gasteiger partial charge is 0.390 e. The molecule has 0 bridgehead atoms. The molecule has 1 aliphatic carbocycles. The van der Waals surface area contributed by atoms with Gasteiger partial charge in [-0.05, 0) is 17.5 Å². The third kappa shape index (κ3) is 3.16. The average molecular weight is 283 g/mol. The van der Waals surface area contributed by atoms with Crippen LogP contribution in [0.4, 0.5) is 0 Å². The highest BCUT2D eigenvalue weighted by atomic mass is 16.3. The number of nitrogens with one attached hydrogen (secondary N) is 1. The van der Waals surface area contributed by atoms with Gasteiger partial charge in [0.15, 0.2) is 0 Å². The van der Waals surface area contributed by atoms with Gasteiger partial charge in [-0.15, -0.1) is 0 Å². The minimum Gasteiger partial charge on any atom is -0.390 e. The molecule has 3 rings (SSSR count). The molecule has 0 saturated heterocycles. The molecule has 1 fully saturated rings. The SMILES string of the molecule is OC1CC(c2ccccc2)C(NCc2ccccc2)C1O. The van der Waals surface area contributed by atoms with Crippen LogP contribution in [-0.2, 0) is 6.54 Å². The Morgan fingerprint density at radius 3 is 2.19 bits per heavy atom. The van der Waals surface area contributed by atoms with Crippen molar-refractivity contribution >= 4 is 0 Å². The predicted octanol–water partition coefficient (Wildman–Crippen LogP) is 2.05. The lowest BCUT2D eigenvalue weighted by Gasteiger charge is -2.24. The monoisotopic (exact) mass is 283 g/mol. The Labute approximate surface area is 125 Å². The van der Waals surface area contributed by atoms with Gasteiger partial charge in [-0.1, -0.05) is 60.7 Å². The topological polar surface area (TPSA) is 52.5 Å². The maximum Gasteiger partial charge on any atom is 0.0957 e. The molecule has 3 nitrogen and oxygen atoms in total. The summed E-state index contributed by atoms with van der Waals surface area (Å²) >= 11 is 0. The second kappa shape index (κ2) is 6.39. The van der Waals surface area contributed by atoms with E-state index in [2.05, 4.69) is 29.6 Å². The minimum atomic E-state index is -0.723. The lowest BCUT2D eigenvalue weighted by atomic mass is 9.93. The van der Waals surface area contributed by atoms with Gasteiger partial charge in [0.05, 0.1) is 12.2 Å². The normalized spacial score (nSPS) is 28.7. The summed E-state index contributed by atoms with van der Waals surface area (Å²) in [5.74, 6) is 0.139. The molecule has 0 amide bonds. The zero-order valence-electron chi connectivity index (χ0n) is 11.9. The molecule has 21 heavy (non-hydrogen) atoms. The molecule has 0 aromatic heterocycles. The molecule has 110 valence electrons. The summed E-state index contributed by atoms with van der Waals surface area (Å²) in [5.41, 5.74) is 2.34. The summed E-state index contributed by atoms with van der Waals surface area (Å²) in [6.07, 6.45) is -0.792. The van der Waals surface area contributed by atoms with Crippen LogP contribution in [0.25, 0.3) is 0 Å². The van der Waals surface area contributed by atoms with E-state index in [4.69, 9.17) is 0 Å². The summed E-state index contributed by atoms with van der Waals surface area (Å²) < 4.78 is 0. The molecule has 2 aromatic rings. The molecule has 3 N–H and O–H groups in total. The smallest absolute Gasteiger partial charge is 0.0957 e. The molecule has 2 aromatic carbocycles. The fourth-order valence-electron chi connectivity index (χ4n) is 3.16. The first-order chi connectivity index (χ1) is 10.3. The van der Waals surface area contributed by atoms with E-state index in [0.29, 0.717) is 13.0 Å². The number of aliphatic hydroxyl groups is 2. The summed E-state index contributed by atoms with van der Waals surface area (Å²) in [7, 11) is 0. The van der Waals surface area contributed by atoms with Gasteiger partial charge in [-0.25, -0.2) is 0 Å². The van der Waals surface area contributed by atoms with Crippen molar-refractivity contribution in [2.24, 2.45) is 0 Å². The third-order valence-electron chi connectivity index (χ3n) is 4.30. The van der Waals surface area contributed by atoms with Crippen LogP contribution in [-0.4, -0.2) is 28.5 Å². The highest BCUT2D eigenvalue weighted by Gasteiger charge is 2.41. The zero-order valence-corrected chi connectivity index (χ0v) is 11.9. The predicted molar refractivity (Wildman–Crippen MR) is 82.9 cm³/mol. The second-order valence-electron chi connectivity index (χ2n) is 5.70. The molecule has 0 aliphatic heterocycles. The third-order valence-corrected chi connectivity index (χ3v) is 4.30. The molecule has 3 heteroatoms.